The van der Waals surface area contributed by atoms with Crippen LogP contribution in [0.1, 0.15) is 38.7 Å². The van der Waals surface area contributed by atoms with Crippen LogP contribution in [-0.4, -0.2) is 40.4 Å². The number of nitriles is 1. The Balaban J connectivity index is 2.26. The van der Waals surface area contributed by atoms with E-state index in [1.54, 1.807) is 26.8 Å². The fourth-order valence-corrected chi connectivity index (χ4v) is 2.83. The average molecular weight is 338 g/mol. The highest BCUT2D eigenvalue weighted by Gasteiger charge is 2.42. The summed E-state index contributed by atoms with van der Waals surface area (Å²) in [5.74, 6) is -1.81. The molecular weight excluding hydrogens is 318 g/mol. The maximum absolute atomic E-state index is 13.4. The van der Waals surface area contributed by atoms with E-state index in [1.165, 1.54) is 17.0 Å². The van der Waals surface area contributed by atoms with E-state index < -0.39 is 41.4 Å². The summed E-state index contributed by atoms with van der Waals surface area (Å²) in [6.45, 7) is 5.23. The number of carbonyl (C=O) groups is 1. The van der Waals surface area contributed by atoms with Gasteiger partial charge in [-0.25, -0.2) is 13.6 Å². The largest absolute Gasteiger partial charge is 0.444 e. The lowest BCUT2D eigenvalue weighted by Gasteiger charge is -2.29. The average Bonchev–Trinajstić information content (AvgIpc) is 2.89. The number of benzene rings is 1. The van der Waals surface area contributed by atoms with Gasteiger partial charge in [-0.3, -0.25) is 0 Å². The van der Waals surface area contributed by atoms with Crippen LogP contribution in [0.25, 0.3) is 0 Å². The summed E-state index contributed by atoms with van der Waals surface area (Å²) in [5.41, 5.74) is -0.351. The van der Waals surface area contributed by atoms with Gasteiger partial charge in [-0.15, -0.1) is 0 Å². The molecule has 0 saturated carbocycles. The van der Waals surface area contributed by atoms with Gasteiger partial charge in [0.1, 0.15) is 17.2 Å². The number of amides is 1. The van der Waals surface area contributed by atoms with Crippen LogP contribution in [0, 0.1) is 23.0 Å². The Hall–Kier alpha value is -2.20. The molecule has 7 heteroatoms. The van der Waals surface area contributed by atoms with Crippen molar-refractivity contribution in [2.75, 3.05) is 6.54 Å². The zero-order valence-electron chi connectivity index (χ0n) is 13.8. The van der Waals surface area contributed by atoms with Gasteiger partial charge in [0.2, 0.25) is 0 Å². The summed E-state index contributed by atoms with van der Waals surface area (Å²) < 4.78 is 32.2. The van der Waals surface area contributed by atoms with Crippen LogP contribution >= 0.6 is 0 Å². The molecule has 1 N–H and O–H groups in total. The quantitative estimate of drug-likeness (QED) is 0.842. The highest BCUT2D eigenvalue weighted by molar-refractivity contribution is 5.69. The minimum absolute atomic E-state index is 0.112. The molecule has 1 saturated heterocycles. The molecule has 1 aromatic rings. The van der Waals surface area contributed by atoms with E-state index in [9.17, 15) is 18.7 Å². The van der Waals surface area contributed by atoms with Crippen molar-refractivity contribution in [3.8, 4) is 6.07 Å². The number of hydrogen-bond acceptors (Lipinski definition) is 4. The maximum Gasteiger partial charge on any atom is 0.410 e. The third-order valence-corrected chi connectivity index (χ3v) is 3.82. The van der Waals surface area contributed by atoms with Gasteiger partial charge in [-0.05, 0) is 44.9 Å². The zero-order chi connectivity index (χ0) is 18.1. The lowest BCUT2D eigenvalue weighted by Crippen LogP contribution is -2.44. The van der Waals surface area contributed by atoms with Crippen molar-refractivity contribution in [1.82, 2.24) is 4.90 Å². The second-order valence-corrected chi connectivity index (χ2v) is 6.91. The molecule has 24 heavy (non-hydrogen) atoms. The van der Waals surface area contributed by atoms with Gasteiger partial charge in [0.15, 0.2) is 6.10 Å². The molecule has 1 aromatic carbocycles. The maximum atomic E-state index is 13.4. The molecule has 0 aliphatic carbocycles. The SMILES string of the molecule is CC(C)(C)OC(=O)N1C[C@H](c2cc(F)cc(F)c2)C[C@H]1[C@H](O)C#N. The molecule has 1 heterocycles. The van der Waals surface area contributed by atoms with Crippen molar-refractivity contribution in [2.24, 2.45) is 0 Å². The predicted molar refractivity (Wildman–Crippen MR) is 82.1 cm³/mol. The summed E-state index contributed by atoms with van der Waals surface area (Å²) in [7, 11) is 0. The van der Waals surface area contributed by atoms with E-state index in [0.29, 0.717) is 5.56 Å². The first-order valence-electron chi connectivity index (χ1n) is 7.64. The molecule has 130 valence electrons. The molecule has 0 bridgehead atoms. The van der Waals surface area contributed by atoms with Gasteiger partial charge in [0.05, 0.1) is 12.1 Å². The number of aliphatic hydroxyl groups excluding tert-OH is 1. The summed E-state index contributed by atoms with van der Waals surface area (Å²) in [6.07, 6.45) is -1.85. The van der Waals surface area contributed by atoms with E-state index in [0.717, 1.165) is 6.07 Å². The second kappa shape index (κ2) is 6.73. The Morgan fingerprint density at radius 2 is 1.96 bits per heavy atom. The lowest BCUT2D eigenvalue weighted by molar-refractivity contribution is 0.0121. The Labute approximate surface area is 139 Å². The summed E-state index contributed by atoms with van der Waals surface area (Å²) in [6, 6.07) is 4.08. The Morgan fingerprint density at radius 1 is 1.38 bits per heavy atom. The Bertz CT molecular complexity index is 647. The van der Waals surface area contributed by atoms with Crippen molar-refractivity contribution < 1.29 is 23.4 Å². The lowest BCUT2D eigenvalue weighted by atomic mass is 9.95. The standard InChI is InChI=1S/C17H20F2N2O3/c1-17(2,3)24-16(23)21-9-11(6-14(21)15(22)8-20)10-4-12(18)7-13(19)5-10/h4-5,7,11,14-15,22H,6,9H2,1-3H3/t11-,14+,15-/m1/s1. The van der Waals surface area contributed by atoms with E-state index in [-0.39, 0.29) is 13.0 Å². The van der Waals surface area contributed by atoms with Crippen LogP contribution in [0.3, 0.4) is 0 Å². The van der Waals surface area contributed by atoms with Crippen LogP contribution < -0.4 is 0 Å². The number of hydrogen-bond donors (Lipinski definition) is 1. The second-order valence-electron chi connectivity index (χ2n) is 6.91. The van der Waals surface area contributed by atoms with Crippen molar-refractivity contribution in [3.63, 3.8) is 0 Å². The van der Waals surface area contributed by atoms with Crippen LogP contribution in [0.2, 0.25) is 0 Å². The molecule has 2 rings (SSSR count). The molecule has 1 aliphatic rings. The van der Waals surface area contributed by atoms with Crippen molar-refractivity contribution >= 4 is 6.09 Å². The number of likely N-dealkylation sites (tertiary alicyclic amines) is 1. The molecule has 1 aliphatic heterocycles. The van der Waals surface area contributed by atoms with Gasteiger partial charge in [0.25, 0.3) is 0 Å². The summed E-state index contributed by atoms with van der Waals surface area (Å²) >= 11 is 0. The first-order chi connectivity index (χ1) is 11.1. The normalized spacial score (nSPS) is 22.1. The minimum atomic E-state index is -1.40. The van der Waals surface area contributed by atoms with Crippen molar-refractivity contribution in [2.45, 2.75) is 50.9 Å². The zero-order valence-corrected chi connectivity index (χ0v) is 13.8. The van der Waals surface area contributed by atoms with Crippen LogP contribution in [-0.2, 0) is 4.74 Å². The van der Waals surface area contributed by atoms with Crippen molar-refractivity contribution in [3.05, 3.63) is 35.4 Å². The highest BCUT2D eigenvalue weighted by Crippen LogP contribution is 2.34. The van der Waals surface area contributed by atoms with Crippen LogP contribution in [0.5, 0.6) is 0 Å². The smallest absolute Gasteiger partial charge is 0.410 e. The molecule has 0 radical (unpaired) electrons. The highest BCUT2D eigenvalue weighted by atomic mass is 19.1. The number of rotatable bonds is 2. The fraction of sp³-hybridized carbons (Fsp3) is 0.529. The van der Waals surface area contributed by atoms with E-state index in [4.69, 9.17) is 10.00 Å². The van der Waals surface area contributed by atoms with Gasteiger partial charge < -0.3 is 14.7 Å². The fourth-order valence-electron chi connectivity index (χ4n) is 2.83. The molecule has 1 amide bonds. The molecule has 0 aromatic heterocycles. The van der Waals surface area contributed by atoms with Crippen LogP contribution in [0.15, 0.2) is 18.2 Å². The Morgan fingerprint density at radius 3 is 2.46 bits per heavy atom. The summed E-state index contributed by atoms with van der Waals surface area (Å²) in [4.78, 5) is 13.6. The predicted octanol–water partition coefficient (Wildman–Crippen LogP) is 2.94. The number of ether oxygens (including phenoxy) is 1. The number of nitrogens with zero attached hydrogens (tertiary/aromatic N) is 2. The van der Waals surface area contributed by atoms with Gasteiger partial charge in [-0.2, -0.15) is 5.26 Å². The molecular formula is C17H20F2N2O3. The van der Waals surface area contributed by atoms with Gasteiger partial charge in [-0.1, -0.05) is 0 Å². The van der Waals surface area contributed by atoms with Crippen LogP contribution in [0.4, 0.5) is 13.6 Å². The molecule has 0 unspecified atom stereocenters. The molecule has 1 fully saturated rings. The van der Waals surface area contributed by atoms with E-state index in [2.05, 4.69) is 0 Å². The number of carbonyl (C=O) groups excluding carboxylic acids is 1. The number of halogens is 2. The first kappa shape index (κ1) is 18.1. The molecule has 0 spiro atoms. The number of aliphatic hydroxyl groups is 1. The van der Waals surface area contributed by atoms with Gasteiger partial charge in [0, 0.05) is 18.5 Å². The minimum Gasteiger partial charge on any atom is -0.444 e. The third kappa shape index (κ3) is 4.20. The summed E-state index contributed by atoms with van der Waals surface area (Å²) in [5, 5.41) is 18.9. The molecule has 3 atom stereocenters. The van der Waals surface area contributed by atoms with Crippen molar-refractivity contribution in [1.29, 1.82) is 5.26 Å². The molecule has 5 nitrogen and oxygen atoms in total. The topological polar surface area (TPSA) is 73.6 Å². The first-order valence-corrected chi connectivity index (χ1v) is 7.64. The Kier molecular flexibility index (Phi) is 5.09. The van der Waals surface area contributed by atoms with E-state index >= 15 is 0 Å². The third-order valence-electron chi connectivity index (χ3n) is 3.82. The van der Waals surface area contributed by atoms with E-state index in [1.807, 2.05) is 0 Å². The monoisotopic (exact) mass is 338 g/mol. The van der Waals surface area contributed by atoms with Gasteiger partial charge >= 0.3 is 6.09 Å².